The molecule has 0 saturated heterocycles. The zero-order valence-electron chi connectivity index (χ0n) is 6.81. The second-order valence-corrected chi connectivity index (χ2v) is 2.73. The molecule has 2 heteroatoms. The fourth-order valence-corrected chi connectivity index (χ4v) is 1.03. The molecule has 0 bridgehead atoms. The zero-order chi connectivity index (χ0) is 8.81. The summed E-state index contributed by atoms with van der Waals surface area (Å²) in [6, 6.07) is 9.81. The van der Waals surface area contributed by atoms with Crippen LogP contribution in [0, 0.1) is 0 Å². The van der Waals surface area contributed by atoms with E-state index >= 15 is 0 Å². The molecule has 0 spiro atoms. The summed E-state index contributed by atoms with van der Waals surface area (Å²) in [5, 5.41) is 8.95. The summed E-state index contributed by atoms with van der Waals surface area (Å²) >= 11 is 0. The summed E-state index contributed by atoms with van der Waals surface area (Å²) in [6.07, 6.45) is 1.02. The number of hydrogen-bond acceptors (Lipinski definition) is 2. The van der Waals surface area contributed by atoms with Crippen LogP contribution < -0.4 is 0 Å². The second kappa shape index (κ2) is 4.67. The zero-order valence-corrected chi connectivity index (χ0v) is 6.81. The number of carbonyl (C=O) groups excluding carboxylic acids is 1. The number of aliphatic hydroxyl groups is 1. The lowest BCUT2D eigenvalue weighted by Crippen LogP contribution is -2.08. The summed E-state index contributed by atoms with van der Waals surface area (Å²) in [7, 11) is 0. The van der Waals surface area contributed by atoms with Crippen molar-refractivity contribution in [3.8, 4) is 0 Å². The van der Waals surface area contributed by atoms with Crippen molar-refractivity contribution in [3.63, 3.8) is 0 Å². The van der Waals surface area contributed by atoms with Gasteiger partial charge in [-0.05, 0) is 18.4 Å². The Balaban J connectivity index is 2.38. The standard InChI is InChI=1S/C10H12O2/c11-8-10(12)7-6-9-4-2-1-3-5-9/h1-5,8,10,12H,6-7H2/t10-/m0/s1. The molecule has 0 aromatic heterocycles. The Hall–Kier alpha value is -1.15. The number of carbonyl (C=O) groups is 1. The molecule has 0 aliphatic heterocycles. The third-order valence-corrected chi connectivity index (χ3v) is 1.73. The normalized spacial score (nSPS) is 12.4. The average molecular weight is 164 g/mol. The van der Waals surface area contributed by atoms with Gasteiger partial charge in [-0.1, -0.05) is 30.3 Å². The van der Waals surface area contributed by atoms with E-state index in [1.54, 1.807) is 0 Å². The first kappa shape index (κ1) is 8.94. The number of benzene rings is 1. The van der Waals surface area contributed by atoms with Gasteiger partial charge in [-0.3, -0.25) is 0 Å². The second-order valence-electron chi connectivity index (χ2n) is 2.73. The summed E-state index contributed by atoms with van der Waals surface area (Å²) in [5.74, 6) is 0. The maximum atomic E-state index is 10.1. The van der Waals surface area contributed by atoms with E-state index in [2.05, 4.69) is 0 Å². The van der Waals surface area contributed by atoms with Gasteiger partial charge < -0.3 is 9.90 Å². The van der Waals surface area contributed by atoms with Crippen molar-refractivity contribution in [3.05, 3.63) is 35.9 Å². The molecule has 1 N–H and O–H groups in total. The number of aliphatic hydroxyl groups excluding tert-OH is 1. The van der Waals surface area contributed by atoms with Crippen molar-refractivity contribution in [2.24, 2.45) is 0 Å². The first-order valence-electron chi connectivity index (χ1n) is 4.00. The van der Waals surface area contributed by atoms with E-state index in [1.165, 1.54) is 0 Å². The van der Waals surface area contributed by atoms with E-state index in [0.29, 0.717) is 12.7 Å². The lowest BCUT2D eigenvalue weighted by molar-refractivity contribution is -0.115. The molecule has 1 aromatic carbocycles. The molecular formula is C10H12O2. The van der Waals surface area contributed by atoms with Crippen molar-refractivity contribution >= 4 is 6.29 Å². The van der Waals surface area contributed by atoms with Crippen LogP contribution in [0.2, 0.25) is 0 Å². The molecule has 64 valence electrons. The first-order chi connectivity index (χ1) is 5.83. The number of aryl methyl sites for hydroxylation is 1. The highest BCUT2D eigenvalue weighted by atomic mass is 16.3. The highest BCUT2D eigenvalue weighted by Gasteiger charge is 2.00. The Kier molecular flexibility index (Phi) is 3.48. The Bertz CT molecular complexity index is 231. The summed E-state index contributed by atoms with van der Waals surface area (Å²) in [4.78, 5) is 10.1. The van der Waals surface area contributed by atoms with Crippen molar-refractivity contribution in [2.75, 3.05) is 0 Å². The summed E-state index contributed by atoms with van der Waals surface area (Å²) < 4.78 is 0. The van der Waals surface area contributed by atoms with Gasteiger partial charge in [0.1, 0.15) is 12.4 Å². The van der Waals surface area contributed by atoms with Crippen LogP contribution in [-0.4, -0.2) is 17.5 Å². The minimum atomic E-state index is -0.815. The van der Waals surface area contributed by atoms with E-state index in [9.17, 15) is 4.79 Å². The summed E-state index contributed by atoms with van der Waals surface area (Å²) in [5.41, 5.74) is 1.15. The minimum absolute atomic E-state index is 0.507. The third kappa shape index (κ3) is 2.84. The van der Waals surface area contributed by atoms with Gasteiger partial charge >= 0.3 is 0 Å². The molecule has 1 aromatic rings. The van der Waals surface area contributed by atoms with Gasteiger partial charge in [0.2, 0.25) is 0 Å². The van der Waals surface area contributed by atoms with Crippen LogP contribution in [0.4, 0.5) is 0 Å². The molecule has 1 rings (SSSR count). The highest BCUT2D eigenvalue weighted by molar-refractivity contribution is 5.55. The van der Waals surface area contributed by atoms with E-state index in [0.717, 1.165) is 12.0 Å². The van der Waals surface area contributed by atoms with Gasteiger partial charge in [0.15, 0.2) is 0 Å². The van der Waals surface area contributed by atoms with Crippen LogP contribution in [0.5, 0.6) is 0 Å². The molecule has 0 aliphatic rings. The van der Waals surface area contributed by atoms with Gasteiger partial charge in [-0.15, -0.1) is 0 Å². The summed E-state index contributed by atoms with van der Waals surface area (Å²) in [6.45, 7) is 0. The Morgan fingerprint density at radius 2 is 2.00 bits per heavy atom. The van der Waals surface area contributed by atoms with Crippen molar-refractivity contribution in [2.45, 2.75) is 18.9 Å². The van der Waals surface area contributed by atoms with Crippen molar-refractivity contribution < 1.29 is 9.90 Å². The van der Waals surface area contributed by atoms with Crippen LogP contribution in [0.15, 0.2) is 30.3 Å². The van der Waals surface area contributed by atoms with Gasteiger partial charge in [-0.25, -0.2) is 0 Å². The Morgan fingerprint density at radius 1 is 1.33 bits per heavy atom. The molecule has 0 amide bonds. The molecular weight excluding hydrogens is 152 g/mol. The molecule has 0 aliphatic carbocycles. The monoisotopic (exact) mass is 164 g/mol. The Labute approximate surface area is 71.8 Å². The fourth-order valence-electron chi connectivity index (χ4n) is 1.03. The molecule has 0 saturated carbocycles. The lowest BCUT2D eigenvalue weighted by Gasteiger charge is -2.01. The van der Waals surface area contributed by atoms with Gasteiger partial charge in [0.05, 0.1) is 0 Å². The van der Waals surface area contributed by atoms with E-state index in [-0.39, 0.29) is 0 Å². The predicted molar refractivity (Wildman–Crippen MR) is 46.8 cm³/mol. The smallest absolute Gasteiger partial charge is 0.148 e. The van der Waals surface area contributed by atoms with Crippen LogP contribution in [-0.2, 0) is 11.2 Å². The minimum Gasteiger partial charge on any atom is -0.386 e. The fraction of sp³-hybridized carbons (Fsp3) is 0.300. The van der Waals surface area contributed by atoms with Crippen LogP contribution >= 0.6 is 0 Å². The van der Waals surface area contributed by atoms with Crippen LogP contribution in [0.1, 0.15) is 12.0 Å². The lowest BCUT2D eigenvalue weighted by atomic mass is 10.1. The predicted octanol–water partition coefficient (Wildman–Crippen LogP) is 1.18. The highest BCUT2D eigenvalue weighted by Crippen LogP contribution is 2.03. The van der Waals surface area contributed by atoms with Gasteiger partial charge in [-0.2, -0.15) is 0 Å². The number of rotatable bonds is 4. The molecule has 0 unspecified atom stereocenters. The topological polar surface area (TPSA) is 37.3 Å². The van der Waals surface area contributed by atoms with Gasteiger partial charge in [0.25, 0.3) is 0 Å². The van der Waals surface area contributed by atoms with Gasteiger partial charge in [0, 0.05) is 0 Å². The molecule has 12 heavy (non-hydrogen) atoms. The van der Waals surface area contributed by atoms with Crippen molar-refractivity contribution in [1.82, 2.24) is 0 Å². The Morgan fingerprint density at radius 3 is 2.58 bits per heavy atom. The van der Waals surface area contributed by atoms with Crippen LogP contribution in [0.3, 0.4) is 0 Å². The molecule has 0 fully saturated rings. The molecule has 0 heterocycles. The quantitative estimate of drug-likeness (QED) is 0.678. The average Bonchev–Trinajstić information content (AvgIpc) is 2.16. The SMILES string of the molecule is O=C[C@@H](O)CCc1ccccc1. The van der Waals surface area contributed by atoms with Crippen LogP contribution in [0.25, 0.3) is 0 Å². The third-order valence-electron chi connectivity index (χ3n) is 1.73. The van der Waals surface area contributed by atoms with E-state index in [4.69, 9.17) is 5.11 Å². The molecule has 2 nitrogen and oxygen atoms in total. The molecule has 1 atom stereocenters. The largest absolute Gasteiger partial charge is 0.386 e. The number of hydrogen-bond donors (Lipinski definition) is 1. The molecule has 0 radical (unpaired) electrons. The maximum absolute atomic E-state index is 10.1. The van der Waals surface area contributed by atoms with E-state index in [1.807, 2.05) is 30.3 Å². The maximum Gasteiger partial charge on any atom is 0.148 e. The number of aldehydes is 1. The van der Waals surface area contributed by atoms with Crippen molar-refractivity contribution in [1.29, 1.82) is 0 Å². The van der Waals surface area contributed by atoms with E-state index < -0.39 is 6.10 Å². The first-order valence-corrected chi connectivity index (χ1v) is 4.00.